The van der Waals surface area contributed by atoms with Crippen molar-refractivity contribution in [2.24, 2.45) is 32.9 Å². The number of hydrogen-bond donors (Lipinski definition) is 5. The Morgan fingerprint density at radius 1 is 0.960 bits per heavy atom. The second kappa shape index (κ2) is 14.7. The maximum absolute atomic E-state index is 11.7. The van der Waals surface area contributed by atoms with Gasteiger partial charge in [0.05, 0.1) is 19.5 Å². The molecule has 0 atom stereocenters. The Bertz CT molecular complexity index is 546. The van der Waals surface area contributed by atoms with Crippen LogP contribution >= 0.6 is 0 Å². The minimum absolute atomic E-state index is 0.0437. The summed E-state index contributed by atoms with van der Waals surface area (Å²) in [5.74, 6) is 10.8. The van der Waals surface area contributed by atoms with E-state index in [1.165, 1.54) is 0 Å². The largest absolute Gasteiger partial charge is 0.370 e. The van der Waals surface area contributed by atoms with Gasteiger partial charge in [0.2, 0.25) is 5.91 Å². The van der Waals surface area contributed by atoms with Crippen LogP contribution in [-0.4, -0.2) is 62.0 Å². The number of amides is 1. The number of hydrogen-bond acceptors (Lipinski definition) is 4. The van der Waals surface area contributed by atoms with Crippen molar-refractivity contribution in [1.29, 1.82) is 0 Å². The highest BCUT2D eigenvalue weighted by atomic mass is 16.1. The van der Waals surface area contributed by atoms with Gasteiger partial charge in [0.1, 0.15) is 0 Å². The average molecular weight is 348 g/mol. The van der Waals surface area contributed by atoms with E-state index in [-0.39, 0.29) is 24.2 Å². The molecule has 0 spiro atoms. The van der Waals surface area contributed by atoms with Crippen LogP contribution < -0.4 is 28.3 Å². The van der Waals surface area contributed by atoms with E-state index in [1.807, 2.05) is 6.92 Å². The molecule has 0 fully saturated rings. The van der Waals surface area contributed by atoms with Crippen LogP contribution in [0.1, 0.15) is 19.8 Å². The molecule has 0 aliphatic carbocycles. The molecule has 9 nitrogen and oxygen atoms in total. The zero-order valence-electron chi connectivity index (χ0n) is 14.7. The maximum Gasteiger partial charge on any atom is 0.232 e. The van der Waals surface area contributed by atoms with Crippen LogP contribution in [0, 0.1) is 23.7 Å². The van der Waals surface area contributed by atoms with Crippen molar-refractivity contribution in [2.75, 3.05) is 39.3 Å². The van der Waals surface area contributed by atoms with Crippen LogP contribution in [0.3, 0.4) is 0 Å². The first-order valence-electron chi connectivity index (χ1n) is 8.01. The summed E-state index contributed by atoms with van der Waals surface area (Å²) < 4.78 is 0. The highest BCUT2D eigenvalue weighted by Crippen LogP contribution is 1.89. The summed E-state index contributed by atoms with van der Waals surface area (Å²) in [7, 11) is 0. The number of aliphatic imine (C=N–C) groups is 2. The van der Waals surface area contributed by atoms with Crippen LogP contribution in [0.25, 0.3) is 0 Å². The van der Waals surface area contributed by atoms with Crippen molar-refractivity contribution < 1.29 is 4.79 Å². The monoisotopic (exact) mass is 348 g/mol. The van der Waals surface area contributed by atoms with Crippen molar-refractivity contribution in [3.63, 3.8) is 0 Å². The van der Waals surface area contributed by atoms with Crippen LogP contribution in [-0.2, 0) is 4.79 Å². The van der Waals surface area contributed by atoms with Gasteiger partial charge in [-0.15, -0.1) is 0 Å². The van der Waals surface area contributed by atoms with Crippen molar-refractivity contribution >= 4 is 17.8 Å². The van der Waals surface area contributed by atoms with Gasteiger partial charge in [0.25, 0.3) is 0 Å². The molecular formula is C16H28N8O. The van der Waals surface area contributed by atoms with Gasteiger partial charge in [-0.2, -0.15) is 0 Å². The number of nitrogens with two attached hydrogens (primary N) is 4. The Morgan fingerprint density at radius 3 is 2.04 bits per heavy atom. The second-order valence-electron chi connectivity index (χ2n) is 4.94. The van der Waals surface area contributed by atoms with Gasteiger partial charge >= 0.3 is 0 Å². The third kappa shape index (κ3) is 15.8. The topological polar surface area (TPSA) is 161 Å². The van der Waals surface area contributed by atoms with Gasteiger partial charge in [0.15, 0.2) is 11.9 Å². The smallest absolute Gasteiger partial charge is 0.232 e. The van der Waals surface area contributed by atoms with Crippen LogP contribution in [0.15, 0.2) is 9.98 Å². The van der Waals surface area contributed by atoms with Gasteiger partial charge in [-0.05, 0) is 11.8 Å². The minimum atomic E-state index is -0.140. The van der Waals surface area contributed by atoms with Crippen LogP contribution in [0.2, 0.25) is 0 Å². The predicted octanol–water partition coefficient (Wildman–Crippen LogP) is -2.24. The van der Waals surface area contributed by atoms with Crippen LogP contribution in [0.5, 0.6) is 0 Å². The Kier molecular flexibility index (Phi) is 13.0. The summed E-state index contributed by atoms with van der Waals surface area (Å²) in [5, 5.41) is 2.80. The Labute approximate surface area is 149 Å². The molecule has 25 heavy (non-hydrogen) atoms. The Balaban J connectivity index is 4.24. The van der Waals surface area contributed by atoms with Gasteiger partial charge in [-0.1, -0.05) is 18.8 Å². The summed E-state index contributed by atoms with van der Waals surface area (Å²) in [6.07, 6.45) is 0.872. The molecule has 0 aromatic rings. The predicted molar refractivity (Wildman–Crippen MR) is 101 cm³/mol. The summed E-state index contributed by atoms with van der Waals surface area (Å²) in [5.41, 5.74) is 21.2. The summed E-state index contributed by atoms with van der Waals surface area (Å²) in [6.45, 7) is 5.20. The van der Waals surface area contributed by atoms with Crippen molar-refractivity contribution in [3.8, 4) is 23.7 Å². The molecule has 0 bridgehead atoms. The summed E-state index contributed by atoms with van der Waals surface area (Å²) >= 11 is 0. The number of nitrogens with zero attached hydrogens (tertiary/aromatic N) is 3. The minimum Gasteiger partial charge on any atom is -0.370 e. The number of carbonyl (C=O) groups excluding carboxylic acids is 1. The molecule has 0 unspecified atom stereocenters. The van der Waals surface area contributed by atoms with Gasteiger partial charge < -0.3 is 28.3 Å². The number of nitrogens with one attached hydrogen (secondary N) is 1. The van der Waals surface area contributed by atoms with E-state index in [0.717, 1.165) is 6.42 Å². The zero-order chi connectivity index (χ0) is 18.9. The van der Waals surface area contributed by atoms with E-state index in [9.17, 15) is 4.79 Å². The number of rotatable bonds is 10. The fourth-order valence-electron chi connectivity index (χ4n) is 1.69. The first-order valence-corrected chi connectivity index (χ1v) is 8.01. The molecule has 0 radical (unpaired) electrons. The third-order valence-electron chi connectivity index (χ3n) is 2.84. The molecule has 0 saturated heterocycles. The van der Waals surface area contributed by atoms with Gasteiger partial charge in [-0.3, -0.25) is 19.7 Å². The molecule has 9 heteroatoms. The molecule has 9 N–H and O–H groups in total. The second-order valence-corrected chi connectivity index (χ2v) is 4.94. The normalized spacial score (nSPS) is 9.20. The molecule has 138 valence electrons. The Morgan fingerprint density at radius 2 is 1.52 bits per heavy atom. The van der Waals surface area contributed by atoms with E-state index in [2.05, 4.69) is 43.9 Å². The van der Waals surface area contributed by atoms with E-state index in [1.54, 1.807) is 0 Å². The van der Waals surface area contributed by atoms with E-state index < -0.39 is 0 Å². The SMILES string of the molecule is CCC#CC#CCC(=O)NCCN(CCN=C(N)N)CCN=C(N)N. The lowest BCUT2D eigenvalue weighted by Crippen LogP contribution is -2.38. The molecule has 0 aromatic heterocycles. The molecule has 0 aromatic carbocycles. The molecule has 0 saturated carbocycles. The maximum atomic E-state index is 11.7. The lowest BCUT2D eigenvalue weighted by Gasteiger charge is -2.20. The number of carbonyl (C=O) groups is 1. The molecule has 0 heterocycles. The van der Waals surface area contributed by atoms with Gasteiger partial charge in [-0.25, -0.2) is 0 Å². The molecule has 1 amide bonds. The standard InChI is InChI=1S/C16H28N8O/c1-2-3-4-5-6-7-14(25)21-8-11-24(12-9-22-15(17)18)13-10-23-16(19)20/h2,7-13H2,1H3,(H,21,25)(H4,17,18,22)(H4,19,20,23). The fourth-order valence-corrected chi connectivity index (χ4v) is 1.69. The first-order chi connectivity index (χ1) is 12.0. The van der Waals surface area contributed by atoms with E-state index in [4.69, 9.17) is 22.9 Å². The van der Waals surface area contributed by atoms with E-state index in [0.29, 0.717) is 39.3 Å². The molecule has 0 aliphatic rings. The molecule has 0 rings (SSSR count). The lowest BCUT2D eigenvalue weighted by molar-refractivity contribution is -0.120. The van der Waals surface area contributed by atoms with Gasteiger partial charge in [0, 0.05) is 32.6 Å². The van der Waals surface area contributed by atoms with Crippen molar-refractivity contribution in [3.05, 3.63) is 0 Å². The van der Waals surface area contributed by atoms with Crippen molar-refractivity contribution in [1.82, 2.24) is 10.2 Å². The lowest BCUT2D eigenvalue weighted by atomic mass is 10.3. The summed E-state index contributed by atoms with van der Waals surface area (Å²) in [4.78, 5) is 21.6. The van der Waals surface area contributed by atoms with Crippen LogP contribution in [0.4, 0.5) is 0 Å². The fraction of sp³-hybridized carbons (Fsp3) is 0.562. The third-order valence-corrected chi connectivity index (χ3v) is 2.84. The first kappa shape index (κ1) is 22.1. The average Bonchev–Trinajstić information content (AvgIpc) is 2.53. The van der Waals surface area contributed by atoms with Crippen molar-refractivity contribution in [2.45, 2.75) is 19.8 Å². The van der Waals surface area contributed by atoms with E-state index >= 15 is 0 Å². The molecular weight excluding hydrogens is 320 g/mol. The quantitative estimate of drug-likeness (QED) is 0.170. The molecule has 0 aliphatic heterocycles. The summed E-state index contributed by atoms with van der Waals surface area (Å²) in [6, 6.07) is 0. The highest BCUT2D eigenvalue weighted by Gasteiger charge is 2.05. The zero-order valence-corrected chi connectivity index (χ0v) is 14.7. The number of guanidine groups is 2. The Hall–Kier alpha value is -2.91. The highest BCUT2D eigenvalue weighted by molar-refractivity contribution is 5.78.